The maximum atomic E-state index is 12.4. The van der Waals surface area contributed by atoms with Crippen LogP contribution in [0, 0.1) is 5.92 Å². The summed E-state index contributed by atoms with van der Waals surface area (Å²) in [6.45, 7) is 1.98. The lowest BCUT2D eigenvalue weighted by Crippen LogP contribution is -2.29. The number of carbonyl (C=O) groups is 1. The Bertz CT molecular complexity index is 588. The second-order valence-corrected chi connectivity index (χ2v) is 5.88. The molecule has 0 radical (unpaired) electrons. The standard InChI is InChI=1S/C15H17N3O2S/c1-20-8-11-6-18(15(19)14-9-21-10-17-14)7-12(11)13-4-2-3-5-16-13/h2-5,9-12H,6-8H2,1H3/t11-,12+/m0/s1. The van der Waals surface area contributed by atoms with Crippen LogP contribution >= 0.6 is 11.3 Å². The summed E-state index contributed by atoms with van der Waals surface area (Å²) in [5, 5.41) is 1.79. The summed E-state index contributed by atoms with van der Waals surface area (Å²) < 4.78 is 5.32. The van der Waals surface area contributed by atoms with Crippen LogP contribution in [0.5, 0.6) is 0 Å². The first-order valence-corrected chi connectivity index (χ1v) is 7.81. The van der Waals surface area contributed by atoms with Crippen LogP contribution < -0.4 is 0 Å². The molecule has 110 valence electrons. The minimum Gasteiger partial charge on any atom is -0.384 e. The van der Waals surface area contributed by atoms with Gasteiger partial charge in [-0.05, 0) is 12.1 Å². The van der Waals surface area contributed by atoms with E-state index in [4.69, 9.17) is 4.74 Å². The molecule has 1 amide bonds. The van der Waals surface area contributed by atoms with E-state index in [1.54, 1.807) is 24.2 Å². The first-order chi connectivity index (χ1) is 10.3. The van der Waals surface area contributed by atoms with Gasteiger partial charge in [0.15, 0.2) is 0 Å². The van der Waals surface area contributed by atoms with Gasteiger partial charge in [-0.1, -0.05) is 6.07 Å². The number of hydrogen-bond donors (Lipinski definition) is 0. The number of amides is 1. The normalized spacial score (nSPS) is 21.7. The maximum absolute atomic E-state index is 12.4. The predicted octanol–water partition coefficient (Wildman–Crippen LogP) is 2.04. The van der Waals surface area contributed by atoms with Crippen molar-refractivity contribution in [3.63, 3.8) is 0 Å². The largest absolute Gasteiger partial charge is 0.384 e. The van der Waals surface area contributed by atoms with E-state index < -0.39 is 0 Å². The van der Waals surface area contributed by atoms with Crippen molar-refractivity contribution in [3.05, 3.63) is 46.7 Å². The fourth-order valence-corrected chi connectivity index (χ4v) is 3.36. The molecule has 0 N–H and O–H groups in total. The average Bonchev–Trinajstić information content (AvgIpc) is 3.18. The van der Waals surface area contributed by atoms with Gasteiger partial charge in [0.25, 0.3) is 5.91 Å². The van der Waals surface area contributed by atoms with Crippen molar-refractivity contribution in [2.45, 2.75) is 5.92 Å². The lowest BCUT2D eigenvalue weighted by atomic mass is 9.93. The maximum Gasteiger partial charge on any atom is 0.273 e. The summed E-state index contributed by atoms with van der Waals surface area (Å²) in [5.41, 5.74) is 3.23. The number of rotatable bonds is 4. The molecular formula is C15H17N3O2S. The first-order valence-electron chi connectivity index (χ1n) is 6.87. The Kier molecular flexibility index (Phi) is 4.26. The van der Waals surface area contributed by atoms with Gasteiger partial charge < -0.3 is 9.64 Å². The topological polar surface area (TPSA) is 55.3 Å². The highest BCUT2D eigenvalue weighted by molar-refractivity contribution is 7.07. The van der Waals surface area contributed by atoms with Gasteiger partial charge in [-0.2, -0.15) is 0 Å². The third-order valence-corrected chi connectivity index (χ3v) is 4.41. The number of methoxy groups -OCH3 is 1. The number of hydrogen-bond acceptors (Lipinski definition) is 5. The van der Waals surface area contributed by atoms with Crippen molar-refractivity contribution in [2.75, 3.05) is 26.8 Å². The van der Waals surface area contributed by atoms with Crippen molar-refractivity contribution in [1.82, 2.24) is 14.9 Å². The lowest BCUT2D eigenvalue weighted by molar-refractivity contribution is 0.0770. The van der Waals surface area contributed by atoms with Gasteiger partial charge in [-0.15, -0.1) is 11.3 Å². The Balaban J connectivity index is 1.79. The molecule has 1 aliphatic rings. The summed E-state index contributed by atoms with van der Waals surface area (Å²) in [6, 6.07) is 5.91. The second kappa shape index (κ2) is 6.32. The Morgan fingerprint density at radius 3 is 3.00 bits per heavy atom. The number of thiazole rings is 1. The van der Waals surface area contributed by atoms with Gasteiger partial charge in [0.05, 0.1) is 12.1 Å². The fraction of sp³-hybridized carbons (Fsp3) is 0.400. The minimum absolute atomic E-state index is 0.00390. The van der Waals surface area contributed by atoms with E-state index in [0.717, 1.165) is 5.69 Å². The van der Waals surface area contributed by atoms with Crippen molar-refractivity contribution in [1.29, 1.82) is 0 Å². The summed E-state index contributed by atoms with van der Waals surface area (Å²) >= 11 is 1.44. The van der Waals surface area contributed by atoms with E-state index in [2.05, 4.69) is 9.97 Å². The highest BCUT2D eigenvalue weighted by Crippen LogP contribution is 2.32. The molecule has 2 aromatic heterocycles. The Morgan fingerprint density at radius 2 is 2.33 bits per heavy atom. The zero-order chi connectivity index (χ0) is 14.7. The zero-order valence-electron chi connectivity index (χ0n) is 11.8. The van der Waals surface area contributed by atoms with E-state index in [0.29, 0.717) is 25.4 Å². The highest BCUT2D eigenvalue weighted by Gasteiger charge is 2.37. The van der Waals surface area contributed by atoms with Gasteiger partial charge >= 0.3 is 0 Å². The molecule has 2 atom stereocenters. The lowest BCUT2D eigenvalue weighted by Gasteiger charge is -2.16. The van der Waals surface area contributed by atoms with E-state index in [9.17, 15) is 4.79 Å². The number of carbonyl (C=O) groups excluding carboxylic acids is 1. The molecule has 2 aromatic rings. The molecule has 0 saturated carbocycles. The second-order valence-electron chi connectivity index (χ2n) is 5.16. The summed E-state index contributed by atoms with van der Waals surface area (Å²) in [5.74, 6) is 0.483. The summed E-state index contributed by atoms with van der Waals surface area (Å²) in [6.07, 6.45) is 1.80. The molecule has 0 bridgehead atoms. The molecule has 1 fully saturated rings. The number of ether oxygens (including phenoxy) is 1. The third kappa shape index (κ3) is 2.96. The Hall–Kier alpha value is -1.79. The quantitative estimate of drug-likeness (QED) is 0.867. The number of aromatic nitrogens is 2. The van der Waals surface area contributed by atoms with Gasteiger partial charge in [0.1, 0.15) is 5.69 Å². The molecule has 5 nitrogen and oxygen atoms in total. The van der Waals surface area contributed by atoms with Crippen LogP contribution in [0.4, 0.5) is 0 Å². The predicted molar refractivity (Wildman–Crippen MR) is 80.4 cm³/mol. The Labute approximate surface area is 127 Å². The van der Waals surface area contributed by atoms with E-state index >= 15 is 0 Å². The molecule has 0 aromatic carbocycles. The van der Waals surface area contributed by atoms with Crippen LogP contribution in [0.25, 0.3) is 0 Å². The van der Waals surface area contributed by atoms with Crippen LogP contribution in [0.1, 0.15) is 22.1 Å². The number of nitrogens with zero attached hydrogens (tertiary/aromatic N) is 3. The van der Waals surface area contributed by atoms with Crippen molar-refractivity contribution >= 4 is 17.2 Å². The van der Waals surface area contributed by atoms with Crippen LogP contribution in [0.2, 0.25) is 0 Å². The Morgan fingerprint density at radius 1 is 1.43 bits per heavy atom. The van der Waals surface area contributed by atoms with Crippen LogP contribution in [0.3, 0.4) is 0 Å². The molecule has 1 saturated heterocycles. The monoisotopic (exact) mass is 303 g/mol. The van der Waals surface area contributed by atoms with Crippen LogP contribution in [-0.4, -0.2) is 47.6 Å². The van der Waals surface area contributed by atoms with E-state index in [1.165, 1.54) is 11.3 Å². The third-order valence-electron chi connectivity index (χ3n) is 3.83. The van der Waals surface area contributed by atoms with Crippen molar-refractivity contribution < 1.29 is 9.53 Å². The van der Waals surface area contributed by atoms with Gasteiger partial charge in [-0.3, -0.25) is 9.78 Å². The molecule has 3 rings (SSSR count). The van der Waals surface area contributed by atoms with Crippen LogP contribution in [-0.2, 0) is 4.74 Å². The van der Waals surface area contributed by atoms with Crippen molar-refractivity contribution in [3.8, 4) is 0 Å². The molecule has 1 aliphatic heterocycles. The van der Waals surface area contributed by atoms with Crippen molar-refractivity contribution in [2.24, 2.45) is 5.92 Å². The molecular weight excluding hydrogens is 286 g/mol. The summed E-state index contributed by atoms with van der Waals surface area (Å²) in [7, 11) is 1.69. The minimum atomic E-state index is -0.00390. The molecule has 0 spiro atoms. The molecule has 6 heteroatoms. The van der Waals surface area contributed by atoms with Gasteiger partial charge in [-0.25, -0.2) is 4.98 Å². The van der Waals surface area contributed by atoms with E-state index in [-0.39, 0.29) is 17.7 Å². The number of likely N-dealkylation sites (tertiary alicyclic amines) is 1. The average molecular weight is 303 g/mol. The SMILES string of the molecule is COC[C@@H]1CN(C(=O)c2cscn2)C[C@H]1c1ccccn1. The molecule has 21 heavy (non-hydrogen) atoms. The van der Waals surface area contributed by atoms with Gasteiger partial charge in [0.2, 0.25) is 0 Å². The smallest absolute Gasteiger partial charge is 0.273 e. The summed E-state index contributed by atoms with van der Waals surface area (Å²) in [4.78, 5) is 22.9. The van der Waals surface area contributed by atoms with Gasteiger partial charge in [0, 0.05) is 49.3 Å². The molecule has 0 unspecified atom stereocenters. The number of pyridine rings is 1. The highest BCUT2D eigenvalue weighted by atomic mass is 32.1. The molecule has 0 aliphatic carbocycles. The zero-order valence-corrected chi connectivity index (χ0v) is 12.6. The van der Waals surface area contributed by atoms with Crippen LogP contribution in [0.15, 0.2) is 35.3 Å². The fourth-order valence-electron chi connectivity index (χ4n) is 2.83. The first kappa shape index (κ1) is 14.2. The molecule has 3 heterocycles. The van der Waals surface area contributed by atoms with E-state index in [1.807, 2.05) is 23.1 Å².